The summed E-state index contributed by atoms with van der Waals surface area (Å²) in [5.41, 5.74) is 2.10. The van der Waals surface area contributed by atoms with E-state index in [4.69, 9.17) is 11.6 Å². The summed E-state index contributed by atoms with van der Waals surface area (Å²) in [6.45, 7) is 0. The summed E-state index contributed by atoms with van der Waals surface area (Å²) in [7, 11) is 3.86. The zero-order chi connectivity index (χ0) is 16.3. The zero-order valence-electron chi connectivity index (χ0n) is 12.2. The van der Waals surface area contributed by atoms with E-state index in [1.54, 1.807) is 12.1 Å². The second-order valence-corrected chi connectivity index (χ2v) is 5.42. The summed E-state index contributed by atoms with van der Waals surface area (Å²) in [6.07, 6.45) is 2.93. The maximum Gasteiger partial charge on any atom is 0.185 e. The lowest BCUT2D eigenvalue weighted by Crippen LogP contribution is -2.08. The minimum absolute atomic E-state index is 0.0300. The number of carbonyl (C=O) groups excluding carboxylic acids is 1. The number of halogens is 1. The van der Waals surface area contributed by atoms with Crippen LogP contribution in [0.1, 0.15) is 15.9 Å². The molecule has 2 aromatic carbocycles. The Bertz CT molecular complexity index is 698. The molecule has 0 unspecified atom stereocenters. The van der Waals surface area contributed by atoms with Crippen molar-refractivity contribution in [2.75, 3.05) is 19.0 Å². The van der Waals surface area contributed by atoms with E-state index in [1.165, 1.54) is 24.3 Å². The number of hydrogen-bond donors (Lipinski definition) is 2. The molecule has 0 saturated heterocycles. The maximum absolute atomic E-state index is 12.1. The third-order valence-electron chi connectivity index (χ3n) is 3.16. The van der Waals surface area contributed by atoms with Gasteiger partial charge in [0.15, 0.2) is 17.3 Å². The number of benzene rings is 2. The molecule has 0 bridgehead atoms. The van der Waals surface area contributed by atoms with Crippen molar-refractivity contribution in [1.29, 1.82) is 0 Å². The second-order valence-electron chi connectivity index (χ2n) is 5.01. The Hall–Kier alpha value is -2.46. The molecule has 0 aliphatic rings. The molecule has 2 N–H and O–H groups in total. The number of rotatable bonds is 4. The van der Waals surface area contributed by atoms with E-state index in [-0.39, 0.29) is 22.3 Å². The SMILES string of the molecule is CN(C)c1ccc(C(=O)/C=C/c2cc(O)c(O)c(Cl)c2)cc1. The van der Waals surface area contributed by atoms with Crippen LogP contribution < -0.4 is 4.90 Å². The maximum atomic E-state index is 12.1. The van der Waals surface area contributed by atoms with Crippen molar-refractivity contribution in [2.24, 2.45) is 0 Å². The highest BCUT2D eigenvalue weighted by molar-refractivity contribution is 6.32. The summed E-state index contributed by atoms with van der Waals surface area (Å²) in [5.74, 6) is -0.853. The lowest BCUT2D eigenvalue weighted by molar-refractivity contribution is 0.104. The minimum Gasteiger partial charge on any atom is -0.504 e. The molecule has 0 spiro atoms. The number of aromatic hydroxyl groups is 2. The number of hydrogen-bond acceptors (Lipinski definition) is 4. The molecule has 0 radical (unpaired) electrons. The Morgan fingerprint density at radius 3 is 2.32 bits per heavy atom. The van der Waals surface area contributed by atoms with E-state index in [2.05, 4.69) is 0 Å². The van der Waals surface area contributed by atoms with Crippen LogP contribution in [0, 0.1) is 0 Å². The van der Waals surface area contributed by atoms with Crippen molar-refractivity contribution >= 4 is 29.1 Å². The molecule has 22 heavy (non-hydrogen) atoms. The molecule has 0 aliphatic heterocycles. The number of allylic oxidation sites excluding steroid dienone is 1. The molecule has 0 fully saturated rings. The van der Waals surface area contributed by atoms with Crippen molar-refractivity contribution < 1.29 is 15.0 Å². The normalized spacial score (nSPS) is 10.9. The molecule has 0 amide bonds. The van der Waals surface area contributed by atoms with Gasteiger partial charge >= 0.3 is 0 Å². The van der Waals surface area contributed by atoms with Crippen LogP contribution in [0.4, 0.5) is 5.69 Å². The summed E-state index contributed by atoms with van der Waals surface area (Å²) >= 11 is 5.77. The van der Waals surface area contributed by atoms with Gasteiger partial charge in [-0.3, -0.25) is 4.79 Å². The van der Waals surface area contributed by atoms with Crippen LogP contribution in [0.5, 0.6) is 11.5 Å². The van der Waals surface area contributed by atoms with Crippen molar-refractivity contribution in [2.45, 2.75) is 0 Å². The molecular weight excluding hydrogens is 302 g/mol. The number of carbonyl (C=O) groups is 1. The molecule has 2 aromatic rings. The predicted molar refractivity (Wildman–Crippen MR) is 88.9 cm³/mol. The number of anilines is 1. The minimum atomic E-state index is -0.371. The standard InChI is InChI=1S/C17H16ClNO3/c1-19(2)13-6-4-12(5-7-13)15(20)8-3-11-9-14(18)17(22)16(21)10-11/h3-10,21-22H,1-2H3/b8-3+. The fraction of sp³-hybridized carbons (Fsp3) is 0.118. The number of phenols is 2. The number of nitrogens with zero attached hydrogens (tertiary/aromatic N) is 1. The van der Waals surface area contributed by atoms with E-state index in [9.17, 15) is 15.0 Å². The van der Waals surface area contributed by atoms with Gasteiger partial charge in [-0.15, -0.1) is 0 Å². The quantitative estimate of drug-likeness (QED) is 0.512. The van der Waals surface area contributed by atoms with E-state index in [1.807, 2.05) is 31.1 Å². The highest BCUT2D eigenvalue weighted by Crippen LogP contribution is 2.34. The Labute approximate surface area is 133 Å². The number of phenolic OH excluding ortho intramolecular Hbond substituents is 2. The van der Waals surface area contributed by atoms with Crippen LogP contribution in [0.2, 0.25) is 5.02 Å². The summed E-state index contributed by atoms with van der Waals surface area (Å²) in [4.78, 5) is 14.0. The van der Waals surface area contributed by atoms with Crippen LogP contribution >= 0.6 is 11.6 Å². The van der Waals surface area contributed by atoms with Crippen molar-refractivity contribution in [3.05, 3.63) is 58.6 Å². The molecule has 0 saturated carbocycles. The van der Waals surface area contributed by atoms with E-state index in [0.29, 0.717) is 11.1 Å². The van der Waals surface area contributed by atoms with Crippen molar-refractivity contribution in [3.63, 3.8) is 0 Å². The van der Waals surface area contributed by atoms with Crippen molar-refractivity contribution in [1.82, 2.24) is 0 Å². The van der Waals surface area contributed by atoms with E-state index in [0.717, 1.165) is 5.69 Å². The van der Waals surface area contributed by atoms with Gasteiger partial charge in [-0.2, -0.15) is 0 Å². The highest BCUT2D eigenvalue weighted by atomic mass is 35.5. The van der Waals surface area contributed by atoms with Gasteiger partial charge in [-0.1, -0.05) is 17.7 Å². The Balaban J connectivity index is 2.17. The zero-order valence-corrected chi connectivity index (χ0v) is 13.0. The first-order valence-electron chi connectivity index (χ1n) is 6.60. The van der Waals surface area contributed by atoms with E-state index < -0.39 is 0 Å². The smallest absolute Gasteiger partial charge is 0.185 e. The average molecular weight is 318 g/mol. The van der Waals surface area contributed by atoms with Gasteiger partial charge in [0.05, 0.1) is 5.02 Å². The number of ketones is 1. The first kappa shape index (κ1) is 15.9. The third-order valence-corrected chi connectivity index (χ3v) is 3.45. The first-order valence-corrected chi connectivity index (χ1v) is 6.97. The fourth-order valence-corrected chi connectivity index (χ4v) is 2.12. The van der Waals surface area contributed by atoms with E-state index >= 15 is 0 Å². The fourth-order valence-electron chi connectivity index (χ4n) is 1.89. The van der Waals surface area contributed by atoms with Gasteiger partial charge in [0.1, 0.15) is 0 Å². The van der Waals surface area contributed by atoms with Gasteiger partial charge in [0, 0.05) is 25.3 Å². The van der Waals surface area contributed by atoms with Gasteiger partial charge in [0.2, 0.25) is 0 Å². The van der Waals surface area contributed by atoms with Crippen LogP contribution in [-0.4, -0.2) is 30.1 Å². The lowest BCUT2D eigenvalue weighted by atomic mass is 10.1. The molecule has 2 rings (SSSR count). The molecule has 114 valence electrons. The monoisotopic (exact) mass is 317 g/mol. The summed E-state index contributed by atoms with van der Waals surface area (Å²) in [6, 6.07) is 10.0. The van der Waals surface area contributed by atoms with Crippen molar-refractivity contribution in [3.8, 4) is 11.5 Å². The Morgan fingerprint density at radius 1 is 1.14 bits per heavy atom. The van der Waals surface area contributed by atoms with Gasteiger partial charge in [0.25, 0.3) is 0 Å². The van der Waals surface area contributed by atoms with Gasteiger partial charge in [-0.05, 0) is 48.0 Å². The predicted octanol–water partition coefficient (Wildman–Crippen LogP) is 3.71. The molecule has 0 heterocycles. The Kier molecular flexibility index (Phi) is 4.73. The molecule has 0 atom stereocenters. The lowest BCUT2D eigenvalue weighted by Gasteiger charge is -2.11. The second kappa shape index (κ2) is 6.54. The first-order chi connectivity index (χ1) is 10.4. The largest absolute Gasteiger partial charge is 0.504 e. The molecule has 4 nitrogen and oxygen atoms in total. The van der Waals surface area contributed by atoms with Crippen LogP contribution in [0.3, 0.4) is 0 Å². The summed E-state index contributed by atoms with van der Waals surface area (Å²) < 4.78 is 0. The Morgan fingerprint density at radius 2 is 1.77 bits per heavy atom. The molecule has 0 aromatic heterocycles. The van der Waals surface area contributed by atoms with Gasteiger partial charge < -0.3 is 15.1 Å². The third kappa shape index (κ3) is 3.59. The van der Waals surface area contributed by atoms with Crippen LogP contribution in [0.25, 0.3) is 6.08 Å². The van der Waals surface area contributed by atoms with Crippen LogP contribution in [0.15, 0.2) is 42.5 Å². The van der Waals surface area contributed by atoms with Crippen LogP contribution in [-0.2, 0) is 0 Å². The molecule has 0 aliphatic carbocycles. The highest BCUT2D eigenvalue weighted by Gasteiger charge is 2.07. The topological polar surface area (TPSA) is 60.8 Å². The summed E-state index contributed by atoms with van der Waals surface area (Å²) in [5, 5.41) is 18.9. The van der Waals surface area contributed by atoms with Gasteiger partial charge in [-0.25, -0.2) is 0 Å². The molecular formula is C17H16ClNO3. The average Bonchev–Trinajstić information content (AvgIpc) is 2.50. The molecule has 5 heteroatoms.